The maximum Gasteiger partial charge on any atom is 0.251 e. The van der Waals surface area contributed by atoms with Gasteiger partial charge in [0, 0.05) is 104 Å². The number of benzene rings is 3. The highest BCUT2D eigenvalue weighted by Gasteiger charge is 2.43. The van der Waals surface area contributed by atoms with E-state index in [-0.39, 0.29) is 85.3 Å². The van der Waals surface area contributed by atoms with Crippen LogP contribution in [-0.2, 0) is 0 Å². The minimum atomic E-state index is -0.473. The third-order valence-electron chi connectivity index (χ3n) is 19.9. The van der Waals surface area contributed by atoms with Gasteiger partial charge in [-0.25, -0.2) is 23.4 Å². The number of aromatic nitrogens is 20. The highest BCUT2D eigenvalue weighted by Crippen LogP contribution is 2.43. The highest BCUT2D eigenvalue weighted by atomic mass is 19.1. The minimum absolute atomic E-state index is 0.0153. The molecule has 13 aromatic rings. The van der Waals surface area contributed by atoms with Crippen LogP contribution in [0.1, 0.15) is 159 Å². The van der Waals surface area contributed by atoms with Gasteiger partial charge in [0.05, 0.1) is 53.3 Å². The topological polar surface area (TPSA) is 331 Å². The molecular formula is C76H84FN23O4. The van der Waals surface area contributed by atoms with Gasteiger partial charge in [-0.2, -0.15) is 0 Å². The molecule has 0 bridgehead atoms. The standard InChI is InChI=1S/C27H31N7O2.C25H27N9O.C24H26FN7O/c1-26(2)14-19(15-27(3,4)31-26)34-25-22(29-32-34)13-21(28-30-25)20-8-5-16(11-23(20)35)17-9-10-33(18-6-7-18)24(36)12-17;1-24(2)11-16(12-25(3,4)31-24)34-23-19(29-32-34)10-18(28-30-23)17-6-5-15(9-21(17)35)20-13-27-22-14-26-7-8-33(20)22;1-23(2)12-15(13-24(3,4)30-23)32-22-20(28-31-32)11-19(27-29-22)17-9-18(25)16(10-21(17)33)14-5-7-26-8-6-14/h5,8-13,18-19,31,35H,6-7,14-15H2,1-4H3;5-10,13-14,16,31,35H,11-12H2,1-4H3;5-11,15,30,33H,12-13H2,1-4H3. The second kappa shape index (κ2) is 25.8. The van der Waals surface area contributed by atoms with Crippen LogP contribution in [0.5, 0.6) is 17.2 Å². The maximum absolute atomic E-state index is 14.9. The fourth-order valence-corrected chi connectivity index (χ4v) is 16.4. The quantitative estimate of drug-likeness (QED) is 0.0741. The van der Waals surface area contributed by atoms with Gasteiger partial charge in [-0.15, -0.1) is 45.9 Å². The van der Waals surface area contributed by atoms with E-state index in [2.05, 4.69) is 176 Å². The lowest BCUT2D eigenvalue weighted by Gasteiger charge is -2.46. The lowest BCUT2D eigenvalue weighted by molar-refractivity contribution is 0.126. The molecule has 13 heterocycles. The van der Waals surface area contributed by atoms with Crippen LogP contribution in [0.2, 0.25) is 0 Å². The SMILES string of the molecule is CC1(C)CC(n2nnc3cc(-c4cc(F)c(-c5ccncc5)cc4O)nnc32)CC(C)(C)N1.CC1(C)CC(n2nnc3cc(-c4ccc(-c5ccn(C6CC6)c(=O)c5)cc4O)nnc32)CC(C)(C)N1.CC1(C)CC(n2nnc3cc(-c4ccc(-c5cnc6cnccn56)cc4O)nnc32)CC(C)(C)N1. The summed E-state index contributed by atoms with van der Waals surface area (Å²) in [5.74, 6) is -0.388. The van der Waals surface area contributed by atoms with Crippen LogP contribution >= 0.6 is 0 Å². The first-order valence-electron chi connectivity index (χ1n) is 35.1. The number of nitrogens with one attached hydrogen (secondary N) is 3. The minimum Gasteiger partial charge on any atom is -0.507 e. The van der Waals surface area contributed by atoms with Crippen molar-refractivity contribution in [2.24, 2.45) is 0 Å². The first-order chi connectivity index (χ1) is 49.4. The molecule has 17 rings (SSSR count). The zero-order chi connectivity index (χ0) is 73.0. The highest BCUT2D eigenvalue weighted by molar-refractivity contribution is 5.83. The van der Waals surface area contributed by atoms with Crippen molar-refractivity contribution in [2.75, 3.05) is 0 Å². The van der Waals surface area contributed by atoms with Crippen molar-refractivity contribution >= 4 is 39.1 Å². The van der Waals surface area contributed by atoms with Crippen LogP contribution in [0.25, 0.3) is 106 Å². The van der Waals surface area contributed by atoms with Crippen molar-refractivity contribution in [1.82, 2.24) is 115 Å². The van der Waals surface area contributed by atoms with Gasteiger partial charge in [-0.05, 0) is 224 Å². The first-order valence-corrected chi connectivity index (χ1v) is 35.1. The van der Waals surface area contributed by atoms with Gasteiger partial charge >= 0.3 is 0 Å². The summed E-state index contributed by atoms with van der Waals surface area (Å²) in [6, 6.07) is 26.5. The Kier molecular flexibility index (Phi) is 17.0. The summed E-state index contributed by atoms with van der Waals surface area (Å²) in [6.07, 6.45) is 19.5. The molecule has 28 heteroatoms. The number of aromatic hydroxyl groups is 3. The van der Waals surface area contributed by atoms with Crippen LogP contribution in [0.4, 0.5) is 4.39 Å². The van der Waals surface area contributed by atoms with Crippen LogP contribution in [-0.4, -0.2) is 148 Å². The van der Waals surface area contributed by atoms with Crippen molar-refractivity contribution in [1.29, 1.82) is 0 Å². The molecule has 534 valence electrons. The molecule has 4 fully saturated rings. The molecule has 0 unspecified atom stereocenters. The third kappa shape index (κ3) is 14.1. The molecule has 4 aliphatic rings. The smallest absolute Gasteiger partial charge is 0.251 e. The zero-order valence-corrected chi connectivity index (χ0v) is 60.2. The van der Waals surface area contributed by atoms with Gasteiger partial charge in [0.25, 0.3) is 5.56 Å². The number of halogens is 1. The molecule has 0 amide bonds. The van der Waals surface area contributed by atoms with Gasteiger partial charge in [0.1, 0.15) is 39.6 Å². The van der Waals surface area contributed by atoms with E-state index in [0.717, 1.165) is 79.4 Å². The molecule has 104 heavy (non-hydrogen) atoms. The van der Waals surface area contributed by atoms with E-state index in [0.29, 0.717) is 73.3 Å². The number of nitrogens with zero attached hydrogens (tertiary/aromatic N) is 20. The second-order valence-electron chi connectivity index (χ2n) is 32.2. The molecule has 6 N–H and O–H groups in total. The number of fused-ring (bicyclic) bond motifs is 4. The summed E-state index contributed by atoms with van der Waals surface area (Å²) in [7, 11) is 0. The Balaban J connectivity index is 0.000000126. The summed E-state index contributed by atoms with van der Waals surface area (Å²) in [5, 5.41) is 96.1. The van der Waals surface area contributed by atoms with E-state index in [1.54, 1.807) is 78.0 Å². The van der Waals surface area contributed by atoms with Gasteiger partial charge in [-0.1, -0.05) is 27.8 Å². The third-order valence-corrected chi connectivity index (χ3v) is 19.9. The number of pyridine rings is 2. The van der Waals surface area contributed by atoms with Crippen LogP contribution < -0.4 is 21.5 Å². The van der Waals surface area contributed by atoms with E-state index in [9.17, 15) is 24.5 Å². The van der Waals surface area contributed by atoms with E-state index in [1.807, 2.05) is 67.2 Å². The average Bonchev–Trinajstić information content (AvgIpc) is 1.40. The molecule has 10 aromatic heterocycles. The number of rotatable bonds is 10. The number of piperidine rings is 3. The Hall–Kier alpha value is -11.0. The molecule has 1 saturated carbocycles. The normalized spacial score (nSPS) is 18.5. The van der Waals surface area contributed by atoms with Crippen LogP contribution in [0.15, 0.2) is 139 Å². The lowest BCUT2D eigenvalue weighted by atomic mass is 9.79. The molecule has 1 aliphatic carbocycles. The Labute approximate surface area is 598 Å². The van der Waals surface area contributed by atoms with Crippen LogP contribution in [0, 0.1) is 5.82 Å². The summed E-state index contributed by atoms with van der Waals surface area (Å²) in [5.41, 5.74) is 11.1. The number of phenols is 3. The number of hydrogen-bond donors (Lipinski definition) is 6. The lowest BCUT2D eigenvalue weighted by Crippen LogP contribution is -2.58. The van der Waals surface area contributed by atoms with Gasteiger partial charge in [0.15, 0.2) is 5.65 Å². The fraction of sp³-hybridized carbons (Fsp3) is 0.395. The largest absolute Gasteiger partial charge is 0.507 e. The van der Waals surface area contributed by atoms with Crippen LogP contribution in [0.3, 0.4) is 0 Å². The predicted molar refractivity (Wildman–Crippen MR) is 392 cm³/mol. The van der Waals surface area contributed by atoms with E-state index >= 15 is 0 Å². The maximum atomic E-state index is 14.9. The number of phenolic OH excluding ortho intramolecular Hbond substituents is 3. The summed E-state index contributed by atoms with van der Waals surface area (Å²) in [4.78, 5) is 24.9. The van der Waals surface area contributed by atoms with Crippen molar-refractivity contribution in [3.63, 3.8) is 0 Å². The Morgan fingerprint density at radius 2 is 0.846 bits per heavy atom. The van der Waals surface area contributed by atoms with Crippen molar-refractivity contribution in [3.8, 4) is 84.5 Å². The average molecular weight is 1400 g/mol. The van der Waals surface area contributed by atoms with Gasteiger partial charge in [-0.3, -0.25) is 19.2 Å². The molecule has 3 aliphatic heterocycles. The zero-order valence-electron chi connectivity index (χ0n) is 60.2. The van der Waals surface area contributed by atoms with Crippen molar-refractivity contribution in [2.45, 2.75) is 192 Å². The predicted octanol–water partition coefficient (Wildman–Crippen LogP) is 12.3. The summed E-state index contributed by atoms with van der Waals surface area (Å²) in [6.45, 7) is 26.4. The number of imidazole rings is 1. The van der Waals surface area contributed by atoms with E-state index in [1.165, 1.54) is 12.1 Å². The fourth-order valence-electron chi connectivity index (χ4n) is 16.4. The molecule has 0 spiro atoms. The van der Waals surface area contributed by atoms with Gasteiger partial charge in [0.2, 0.25) is 16.9 Å². The summed E-state index contributed by atoms with van der Waals surface area (Å²) < 4.78 is 24.2. The second-order valence-corrected chi connectivity index (χ2v) is 32.2. The van der Waals surface area contributed by atoms with E-state index < -0.39 is 5.82 Å². The van der Waals surface area contributed by atoms with E-state index in [4.69, 9.17) is 0 Å². The Morgan fingerprint density at radius 1 is 0.413 bits per heavy atom. The molecule has 3 aromatic carbocycles. The van der Waals surface area contributed by atoms with Crippen molar-refractivity contribution in [3.05, 3.63) is 151 Å². The molecular weight excluding hydrogens is 1320 g/mol. The van der Waals surface area contributed by atoms with Crippen molar-refractivity contribution < 1.29 is 19.7 Å². The molecule has 27 nitrogen and oxygen atoms in total. The Morgan fingerprint density at radius 3 is 1.30 bits per heavy atom. The summed E-state index contributed by atoms with van der Waals surface area (Å²) >= 11 is 0. The number of hydrogen-bond acceptors (Lipinski definition) is 22. The van der Waals surface area contributed by atoms with Gasteiger partial charge < -0.3 is 35.8 Å². The monoisotopic (exact) mass is 1400 g/mol. The molecule has 0 atom stereocenters. The first kappa shape index (κ1) is 68.8. The molecule has 3 saturated heterocycles. The Bertz CT molecular complexity index is 5450. The molecule has 0 radical (unpaired) electrons.